The molecule has 7 heteroatoms. The average Bonchev–Trinajstić information content (AvgIpc) is 2.94. The Labute approximate surface area is 116 Å². The van der Waals surface area contributed by atoms with Gasteiger partial charge in [0, 0.05) is 36.5 Å². The summed E-state index contributed by atoms with van der Waals surface area (Å²) >= 11 is 1.66. The number of aromatic nitrogens is 3. The van der Waals surface area contributed by atoms with Crippen molar-refractivity contribution in [3.8, 4) is 0 Å². The van der Waals surface area contributed by atoms with Crippen LogP contribution in [0, 0.1) is 6.92 Å². The zero-order chi connectivity index (χ0) is 13.7. The smallest absolute Gasteiger partial charge is 0.148 e. The van der Waals surface area contributed by atoms with Crippen molar-refractivity contribution in [3.05, 3.63) is 28.0 Å². The lowest BCUT2D eigenvalue weighted by Crippen LogP contribution is -2.15. The van der Waals surface area contributed by atoms with Crippen molar-refractivity contribution < 1.29 is 0 Å². The van der Waals surface area contributed by atoms with Crippen LogP contribution in [0.5, 0.6) is 0 Å². The fourth-order valence-electron chi connectivity index (χ4n) is 1.70. The zero-order valence-corrected chi connectivity index (χ0v) is 11.9. The number of nitrogens with two attached hydrogens (primary N) is 1. The van der Waals surface area contributed by atoms with Crippen molar-refractivity contribution in [2.24, 2.45) is 5.84 Å². The molecule has 0 radical (unpaired) electrons. The minimum atomic E-state index is 0.670. The number of hydrazine groups is 1. The largest absolute Gasteiger partial charge is 0.369 e. The van der Waals surface area contributed by atoms with Crippen LogP contribution in [-0.4, -0.2) is 21.5 Å². The van der Waals surface area contributed by atoms with Crippen molar-refractivity contribution in [2.75, 3.05) is 17.3 Å². The number of thiazole rings is 1. The summed E-state index contributed by atoms with van der Waals surface area (Å²) in [7, 11) is 0. The molecule has 102 valence electrons. The van der Waals surface area contributed by atoms with Gasteiger partial charge in [-0.25, -0.2) is 20.8 Å². The second-order valence-electron chi connectivity index (χ2n) is 4.06. The lowest BCUT2D eigenvalue weighted by atomic mass is 10.3. The molecule has 19 heavy (non-hydrogen) atoms. The van der Waals surface area contributed by atoms with Gasteiger partial charge in [0.25, 0.3) is 0 Å². The fraction of sp³-hybridized carbons (Fsp3) is 0.417. The molecule has 2 rings (SSSR count). The van der Waals surface area contributed by atoms with Gasteiger partial charge in [-0.3, -0.25) is 0 Å². The van der Waals surface area contributed by atoms with Crippen molar-refractivity contribution >= 4 is 23.0 Å². The van der Waals surface area contributed by atoms with Gasteiger partial charge in [-0.2, -0.15) is 0 Å². The highest BCUT2D eigenvalue weighted by Gasteiger charge is 2.09. The minimum absolute atomic E-state index is 0.670. The van der Waals surface area contributed by atoms with Crippen LogP contribution in [0.2, 0.25) is 0 Å². The molecule has 6 nitrogen and oxygen atoms in total. The Morgan fingerprint density at radius 2 is 2.11 bits per heavy atom. The molecule has 0 saturated heterocycles. The molecule has 2 aromatic rings. The standard InChI is InChI=1S/C12H18N6S/c1-3-9-16-11(8(2)12(17-9)18-13)15-5-4-10-14-6-7-19-10/h6-7H,3-5,13H2,1-2H3,(H2,15,16,17,18). The predicted molar refractivity (Wildman–Crippen MR) is 78.3 cm³/mol. The first-order valence-electron chi connectivity index (χ1n) is 6.21. The highest BCUT2D eigenvalue weighted by atomic mass is 32.1. The monoisotopic (exact) mass is 278 g/mol. The highest BCUT2D eigenvalue weighted by molar-refractivity contribution is 7.09. The Balaban J connectivity index is 2.06. The summed E-state index contributed by atoms with van der Waals surface area (Å²) in [5, 5.41) is 6.42. The number of aryl methyl sites for hydroxylation is 1. The molecule has 2 heterocycles. The van der Waals surface area contributed by atoms with Crippen LogP contribution in [0.25, 0.3) is 0 Å². The first kappa shape index (κ1) is 13.7. The maximum absolute atomic E-state index is 5.47. The molecule has 0 aliphatic heterocycles. The van der Waals surface area contributed by atoms with Gasteiger partial charge in [-0.1, -0.05) is 6.92 Å². The molecule has 0 aliphatic rings. The van der Waals surface area contributed by atoms with Gasteiger partial charge in [0.1, 0.15) is 17.5 Å². The fourth-order valence-corrected chi connectivity index (χ4v) is 2.32. The van der Waals surface area contributed by atoms with Gasteiger partial charge in [0.15, 0.2) is 0 Å². The maximum Gasteiger partial charge on any atom is 0.148 e. The molecule has 0 amide bonds. The van der Waals surface area contributed by atoms with E-state index in [0.717, 1.165) is 41.6 Å². The first-order chi connectivity index (χ1) is 9.24. The number of nitrogens with one attached hydrogen (secondary N) is 2. The third-order valence-electron chi connectivity index (χ3n) is 2.76. The number of hydrogen-bond donors (Lipinski definition) is 3. The lowest BCUT2D eigenvalue weighted by molar-refractivity contribution is 0.912. The van der Waals surface area contributed by atoms with Crippen LogP contribution in [0.15, 0.2) is 11.6 Å². The van der Waals surface area contributed by atoms with Gasteiger partial charge < -0.3 is 10.7 Å². The van der Waals surface area contributed by atoms with Gasteiger partial charge in [0.2, 0.25) is 0 Å². The maximum atomic E-state index is 5.47. The zero-order valence-electron chi connectivity index (χ0n) is 11.1. The highest BCUT2D eigenvalue weighted by Crippen LogP contribution is 2.19. The van der Waals surface area contributed by atoms with E-state index in [-0.39, 0.29) is 0 Å². The second-order valence-corrected chi connectivity index (χ2v) is 5.04. The minimum Gasteiger partial charge on any atom is -0.369 e. The van der Waals surface area contributed by atoms with Crippen LogP contribution < -0.4 is 16.6 Å². The second kappa shape index (κ2) is 6.44. The molecule has 2 aromatic heterocycles. The molecule has 0 atom stereocenters. The number of hydrogen-bond acceptors (Lipinski definition) is 7. The Kier molecular flexibility index (Phi) is 4.64. The van der Waals surface area contributed by atoms with E-state index in [1.165, 1.54) is 0 Å². The molecule has 0 bridgehead atoms. The van der Waals surface area contributed by atoms with E-state index in [2.05, 4.69) is 25.7 Å². The van der Waals surface area contributed by atoms with Crippen molar-refractivity contribution in [1.82, 2.24) is 15.0 Å². The molecule has 0 aromatic carbocycles. The van der Waals surface area contributed by atoms with Crippen molar-refractivity contribution in [1.29, 1.82) is 0 Å². The molecule has 0 saturated carbocycles. The third-order valence-corrected chi connectivity index (χ3v) is 3.60. The van der Waals surface area contributed by atoms with Crippen molar-refractivity contribution in [2.45, 2.75) is 26.7 Å². The summed E-state index contributed by atoms with van der Waals surface area (Å²) in [6.45, 7) is 4.75. The Hall–Kier alpha value is -1.73. The molecule has 4 N–H and O–H groups in total. The normalized spacial score (nSPS) is 10.5. The average molecular weight is 278 g/mol. The van der Waals surface area contributed by atoms with E-state index in [9.17, 15) is 0 Å². The summed E-state index contributed by atoms with van der Waals surface area (Å²) in [6.07, 6.45) is 3.48. The first-order valence-corrected chi connectivity index (χ1v) is 7.09. The van der Waals surface area contributed by atoms with Gasteiger partial charge in [-0.15, -0.1) is 11.3 Å². The van der Waals surface area contributed by atoms with Crippen LogP contribution in [0.4, 0.5) is 11.6 Å². The van der Waals surface area contributed by atoms with E-state index < -0.39 is 0 Å². The topological polar surface area (TPSA) is 88.8 Å². The molecule has 0 unspecified atom stereocenters. The van der Waals surface area contributed by atoms with Gasteiger partial charge >= 0.3 is 0 Å². The SMILES string of the molecule is CCc1nc(NN)c(C)c(NCCc2nccs2)n1. The molecular formula is C12H18N6S. The van der Waals surface area contributed by atoms with E-state index in [1.54, 1.807) is 11.3 Å². The summed E-state index contributed by atoms with van der Waals surface area (Å²) in [5.74, 6) is 7.75. The Morgan fingerprint density at radius 3 is 2.74 bits per heavy atom. The van der Waals surface area contributed by atoms with Crippen LogP contribution in [0.1, 0.15) is 23.3 Å². The third kappa shape index (κ3) is 3.39. The van der Waals surface area contributed by atoms with Crippen LogP contribution in [0.3, 0.4) is 0 Å². The Bertz CT molecular complexity index is 525. The number of nitrogen functional groups attached to an aromatic ring is 1. The summed E-state index contributed by atoms with van der Waals surface area (Å²) in [6, 6.07) is 0. The molecular weight excluding hydrogens is 260 g/mol. The van der Waals surface area contributed by atoms with Crippen LogP contribution >= 0.6 is 11.3 Å². The molecule has 0 fully saturated rings. The summed E-state index contributed by atoms with van der Waals surface area (Å²) in [4.78, 5) is 13.1. The lowest BCUT2D eigenvalue weighted by Gasteiger charge is -2.12. The summed E-state index contributed by atoms with van der Waals surface area (Å²) in [5.41, 5.74) is 3.54. The quantitative estimate of drug-likeness (QED) is 0.551. The molecule has 0 aliphatic carbocycles. The van der Waals surface area contributed by atoms with E-state index >= 15 is 0 Å². The number of rotatable bonds is 6. The van der Waals surface area contributed by atoms with Gasteiger partial charge in [-0.05, 0) is 6.92 Å². The summed E-state index contributed by atoms with van der Waals surface area (Å²) < 4.78 is 0. The van der Waals surface area contributed by atoms with E-state index in [1.807, 2.05) is 25.4 Å². The van der Waals surface area contributed by atoms with Gasteiger partial charge in [0.05, 0.1) is 5.01 Å². The molecule has 0 spiro atoms. The van der Waals surface area contributed by atoms with E-state index in [0.29, 0.717) is 5.82 Å². The predicted octanol–water partition coefficient (Wildman–Crippen LogP) is 1.74. The number of anilines is 2. The van der Waals surface area contributed by atoms with Crippen LogP contribution in [-0.2, 0) is 12.8 Å². The Morgan fingerprint density at radius 1 is 1.32 bits per heavy atom. The van der Waals surface area contributed by atoms with Crippen molar-refractivity contribution in [3.63, 3.8) is 0 Å². The van der Waals surface area contributed by atoms with E-state index in [4.69, 9.17) is 5.84 Å². The number of nitrogens with zero attached hydrogens (tertiary/aromatic N) is 3.